The van der Waals surface area contributed by atoms with Crippen molar-refractivity contribution in [3.63, 3.8) is 0 Å². The van der Waals surface area contributed by atoms with E-state index in [2.05, 4.69) is 11.9 Å². The van der Waals surface area contributed by atoms with Crippen molar-refractivity contribution >= 4 is 17.1 Å². The van der Waals surface area contributed by atoms with Gasteiger partial charge in [0.15, 0.2) is 5.58 Å². The number of nitrogen functional groups attached to an aromatic ring is 1. The lowest BCUT2D eigenvalue weighted by atomic mass is 10.1. The summed E-state index contributed by atoms with van der Waals surface area (Å²) >= 11 is 0. The van der Waals surface area contributed by atoms with Crippen LogP contribution in [-0.4, -0.2) is 4.98 Å². The van der Waals surface area contributed by atoms with Gasteiger partial charge in [-0.25, -0.2) is 0 Å². The number of oxazole rings is 1. The zero-order chi connectivity index (χ0) is 8.55. The van der Waals surface area contributed by atoms with E-state index in [0.717, 1.165) is 17.5 Å². The maximum absolute atomic E-state index is 5.40. The molecule has 70 valence electrons. The molecular weight excluding hydrogens is 164 g/mol. The third kappa shape index (κ3) is 1.64. The van der Waals surface area contributed by atoms with Crippen LogP contribution in [0.25, 0.3) is 11.1 Å². The third-order valence-corrected chi connectivity index (χ3v) is 1.88. The number of aryl methyl sites for hydroxylation is 1. The third-order valence-electron chi connectivity index (χ3n) is 1.88. The second kappa shape index (κ2) is 3.47. The summed E-state index contributed by atoms with van der Waals surface area (Å²) in [5, 5.41) is 0. The van der Waals surface area contributed by atoms with Gasteiger partial charge in [0.1, 0.15) is 5.52 Å². The average Bonchev–Trinajstić information content (AvgIpc) is 2.43. The van der Waals surface area contributed by atoms with Gasteiger partial charge in [-0.15, -0.1) is 0 Å². The van der Waals surface area contributed by atoms with Crippen molar-refractivity contribution in [2.75, 3.05) is 5.73 Å². The Morgan fingerprint density at radius 2 is 2.23 bits per heavy atom. The molecule has 0 bridgehead atoms. The van der Waals surface area contributed by atoms with Crippen molar-refractivity contribution in [2.45, 2.75) is 20.8 Å². The Kier molecular flexibility index (Phi) is 2.56. The summed E-state index contributed by atoms with van der Waals surface area (Å²) < 4.78 is 5.13. The number of anilines is 1. The van der Waals surface area contributed by atoms with Gasteiger partial charge >= 0.3 is 0 Å². The first-order valence-corrected chi connectivity index (χ1v) is 3.94. The molecule has 0 saturated heterocycles. The fraction of sp³-hybridized carbons (Fsp3) is 0.300. The number of hydrogen-bond acceptors (Lipinski definition) is 3. The number of nitrogens with two attached hydrogens (primary N) is 1. The Hall–Kier alpha value is -1.51. The average molecular weight is 178 g/mol. The molecule has 0 aliphatic rings. The first-order valence-electron chi connectivity index (χ1n) is 3.94. The van der Waals surface area contributed by atoms with E-state index in [1.54, 1.807) is 0 Å². The maximum atomic E-state index is 5.40. The highest BCUT2D eigenvalue weighted by Gasteiger charge is 2.01. The molecule has 0 atom stereocenters. The molecule has 3 nitrogen and oxygen atoms in total. The summed E-state index contributed by atoms with van der Waals surface area (Å²) in [7, 11) is 0. The minimum atomic E-state index is 0. The fourth-order valence-electron chi connectivity index (χ4n) is 1.21. The summed E-state index contributed by atoms with van der Waals surface area (Å²) in [6, 6.07) is 6.15. The number of nitrogens with zero attached hydrogens (tertiary/aromatic N) is 1. The van der Waals surface area contributed by atoms with Crippen molar-refractivity contribution in [1.29, 1.82) is 0 Å². The minimum Gasteiger partial charge on any atom is -0.424 e. The van der Waals surface area contributed by atoms with Crippen LogP contribution in [0, 0.1) is 0 Å². The van der Waals surface area contributed by atoms with E-state index >= 15 is 0 Å². The summed E-state index contributed by atoms with van der Waals surface area (Å²) in [5.74, 6) is 0. The quantitative estimate of drug-likeness (QED) is 0.730. The van der Waals surface area contributed by atoms with Gasteiger partial charge in [0.25, 0.3) is 6.01 Å². The molecule has 0 spiro atoms. The van der Waals surface area contributed by atoms with Crippen molar-refractivity contribution in [1.82, 2.24) is 4.98 Å². The monoisotopic (exact) mass is 178 g/mol. The predicted octanol–water partition coefficient (Wildman–Crippen LogP) is 2.61. The molecule has 0 fully saturated rings. The Balaban J connectivity index is 0.000000845. The lowest BCUT2D eigenvalue weighted by Gasteiger charge is -1.92. The standard InChI is InChI=1S/C9H10N2O.CH4/c1-2-6-3-4-8-7(5-6)11-9(10)12-8;/h3-5H,2H2,1H3,(H2,10,11);1H4. The van der Waals surface area contributed by atoms with Gasteiger partial charge < -0.3 is 10.2 Å². The Bertz CT molecular complexity index is 406. The summed E-state index contributed by atoms with van der Waals surface area (Å²) in [6.07, 6.45) is 1.00. The lowest BCUT2D eigenvalue weighted by molar-refractivity contribution is 0.626. The molecule has 0 amide bonds. The lowest BCUT2D eigenvalue weighted by Crippen LogP contribution is -1.81. The molecule has 1 aromatic carbocycles. The van der Waals surface area contributed by atoms with Crippen LogP contribution in [-0.2, 0) is 6.42 Å². The molecule has 0 unspecified atom stereocenters. The van der Waals surface area contributed by atoms with E-state index in [9.17, 15) is 0 Å². The maximum Gasteiger partial charge on any atom is 0.292 e. The van der Waals surface area contributed by atoms with Gasteiger partial charge in [0.05, 0.1) is 0 Å². The highest BCUT2D eigenvalue weighted by Crippen LogP contribution is 2.18. The van der Waals surface area contributed by atoms with E-state index in [0.29, 0.717) is 0 Å². The normalized spacial score (nSPS) is 9.92. The van der Waals surface area contributed by atoms with Crippen molar-refractivity contribution in [3.8, 4) is 0 Å². The van der Waals surface area contributed by atoms with Gasteiger partial charge in [-0.3, -0.25) is 0 Å². The molecule has 13 heavy (non-hydrogen) atoms. The summed E-state index contributed by atoms with van der Waals surface area (Å²) in [4.78, 5) is 4.03. The minimum absolute atomic E-state index is 0. The van der Waals surface area contributed by atoms with E-state index in [4.69, 9.17) is 10.2 Å². The Morgan fingerprint density at radius 1 is 1.46 bits per heavy atom. The molecule has 0 saturated carbocycles. The number of fused-ring (bicyclic) bond motifs is 1. The van der Waals surface area contributed by atoms with Gasteiger partial charge in [-0.05, 0) is 24.1 Å². The predicted molar refractivity (Wildman–Crippen MR) is 54.5 cm³/mol. The van der Waals surface area contributed by atoms with E-state index < -0.39 is 0 Å². The molecule has 2 rings (SSSR count). The smallest absolute Gasteiger partial charge is 0.292 e. The number of benzene rings is 1. The zero-order valence-electron chi connectivity index (χ0n) is 6.87. The molecule has 0 aliphatic heterocycles. The van der Waals surface area contributed by atoms with Crippen LogP contribution >= 0.6 is 0 Å². The topological polar surface area (TPSA) is 52.0 Å². The van der Waals surface area contributed by atoms with Gasteiger partial charge in [0, 0.05) is 0 Å². The first kappa shape index (κ1) is 9.58. The van der Waals surface area contributed by atoms with Crippen LogP contribution in [0.4, 0.5) is 6.01 Å². The van der Waals surface area contributed by atoms with Crippen LogP contribution in [0.1, 0.15) is 19.9 Å². The highest BCUT2D eigenvalue weighted by molar-refractivity contribution is 5.74. The second-order valence-corrected chi connectivity index (χ2v) is 2.71. The van der Waals surface area contributed by atoms with Crippen molar-refractivity contribution in [3.05, 3.63) is 23.8 Å². The number of hydrogen-bond donors (Lipinski definition) is 1. The van der Waals surface area contributed by atoms with E-state index in [1.807, 2.05) is 18.2 Å². The summed E-state index contributed by atoms with van der Waals surface area (Å²) in [6.45, 7) is 2.10. The fourth-order valence-corrected chi connectivity index (χ4v) is 1.21. The van der Waals surface area contributed by atoms with Crippen LogP contribution in [0.15, 0.2) is 22.6 Å². The molecular formula is C10H14N2O. The molecule has 0 aliphatic carbocycles. The van der Waals surface area contributed by atoms with E-state index in [-0.39, 0.29) is 13.4 Å². The van der Waals surface area contributed by atoms with Gasteiger partial charge in [-0.2, -0.15) is 4.98 Å². The van der Waals surface area contributed by atoms with Gasteiger partial charge in [0.2, 0.25) is 0 Å². The van der Waals surface area contributed by atoms with Crippen LogP contribution in [0.3, 0.4) is 0 Å². The molecule has 1 aromatic heterocycles. The van der Waals surface area contributed by atoms with E-state index in [1.165, 1.54) is 5.56 Å². The van der Waals surface area contributed by atoms with Crippen molar-refractivity contribution in [2.24, 2.45) is 0 Å². The largest absolute Gasteiger partial charge is 0.424 e. The number of rotatable bonds is 1. The molecule has 0 radical (unpaired) electrons. The second-order valence-electron chi connectivity index (χ2n) is 2.71. The molecule has 1 heterocycles. The van der Waals surface area contributed by atoms with Crippen LogP contribution in [0.5, 0.6) is 0 Å². The summed E-state index contributed by atoms with van der Waals surface area (Å²) in [5.41, 5.74) is 8.24. The Morgan fingerprint density at radius 3 is 2.92 bits per heavy atom. The van der Waals surface area contributed by atoms with Crippen molar-refractivity contribution < 1.29 is 4.42 Å². The van der Waals surface area contributed by atoms with Crippen LogP contribution in [0.2, 0.25) is 0 Å². The van der Waals surface area contributed by atoms with Gasteiger partial charge in [-0.1, -0.05) is 20.4 Å². The zero-order valence-corrected chi connectivity index (χ0v) is 6.87. The number of aromatic nitrogens is 1. The first-order chi connectivity index (χ1) is 5.79. The molecule has 3 heteroatoms. The van der Waals surface area contributed by atoms with Crippen LogP contribution < -0.4 is 5.73 Å². The molecule has 2 aromatic rings. The Labute approximate surface area is 77.6 Å². The SMILES string of the molecule is C.CCc1ccc2oc(N)nc2c1. The molecule has 2 N–H and O–H groups in total. The highest BCUT2D eigenvalue weighted by atomic mass is 16.4.